The van der Waals surface area contributed by atoms with Gasteiger partial charge in [0.15, 0.2) is 0 Å². The van der Waals surface area contributed by atoms with Crippen molar-refractivity contribution in [3.63, 3.8) is 0 Å². The Labute approximate surface area is 111 Å². The molecule has 0 aliphatic carbocycles. The van der Waals surface area contributed by atoms with Gasteiger partial charge in [0.1, 0.15) is 11.6 Å². The van der Waals surface area contributed by atoms with Gasteiger partial charge in [0.25, 0.3) is 0 Å². The second-order valence-electron chi connectivity index (χ2n) is 3.68. The molecule has 2 aromatic rings. The van der Waals surface area contributed by atoms with Crippen LogP contribution in [0.25, 0.3) is 11.3 Å². The van der Waals surface area contributed by atoms with Crippen LogP contribution < -0.4 is 10.1 Å². The van der Waals surface area contributed by atoms with Crippen LogP contribution in [0.2, 0.25) is 5.02 Å². The lowest BCUT2D eigenvalue weighted by Crippen LogP contribution is -2.00. The van der Waals surface area contributed by atoms with Gasteiger partial charge in [0.05, 0.1) is 17.8 Å². The normalized spacial score (nSPS) is 10.2. The molecule has 5 heteroatoms. The Morgan fingerprint density at radius 1 is 1.22 bits per heavy atom. The van der Waals surface area contributed by atoms with Crippen LogP contribution in [0.3, 0.4) is 0 Å². The summed E-state index contributed by atoms with van der Waals surface area (Å²) in [6, 6.07) is 9.33. The van der Waals surface area contributed by atoms with E-state index in [0.29, 0.717) is 10.8 Å². The maximum absolute atomic E-state index is 5.98. The first-order valence-electron chi connectivity index (χ1n) is 5.66. The molecule has 1 aromatic carbocycles. The van der Waals surface area contributed by atoms with Crippen LogP contribution in [0.5, 0.6) is 5.75 Å². The fourth-order valence-corrected chi connectivity index (χ4v) is 1.78. The minimum atomic E-state index is 0.582. The lowest BCUT2D eigenvalue weighted by molar-refractivity contribution is 0.415. The quantitative estimate of drug-likeness (QED) is 0.920. The molecule has 0 saturated carbocycles. The van der Waals surface area contributed by atoms with Gasteiger partial charge in [-0.2, -0.15) is 0 Å². The third-order valence-corrected chi connectivity index (χ3v) is 2.78. The van der Waals surface area contributed by atoms with Gasteiger partial charge in [0, 0.05) is 12.1 Å². The number of nitrogens with zero attached hydrogens (tertiary/aromatic N) is 2. The van der Waals surface area contributed by atoms with E-state index in [-0.39, 0.29) is 0 Å². The molecule has 0 bridgehead atoms. The van der Waals surface area contributed by atoms with E-state index in [1.807, 2.05) is 31.2 Å². The number of halogens is 1. The summed E-state index contributed by atoms with van der Waals surface area (Å²) >= 11 is 5.98. The first-order chi connectivity index (χ1) is 8.74. The van der Waals surface area contributed by atoms with E-state index in [9.17, 15) is 0 Å². The van der Waals surface area contributed by atoms with Crippen molar-refractivity contribution in [1.82, 2.24) is 10.2 Å². The molecule has 1 N–H and O–H groups in total. The number of ether oxygens (including phenoxy) is 1. The van der Waals surface area contributed by atoms with Crippen LogP contribution in [0.1, 0.15) is 6.92 Å². The molecular weight excluding hydrogens is 250 g/mol. The molecule has 1 heterocycles. The molecule has 4 nitrogen and oxygen atoms in total. The van der Waals surface area contributed by atoms with Crippen LogP contribution in [0, 0.1) is 0 Å². The van der Waals surface area contributed by atoms with E-state index in [4.69, 9.17) is 16.3 Å². The average Bonchev–Trinajstić information content (AvgIpc) is 2.41. The highest BCUT2D eigenvalue weighted by Crippen LogP contribution is 2.29. The second kappa shape index (κ2) is 5.69. The average molecular weight is 264 g/mol. The van der Waals surface area contributed by atoms with Crippen LogP contribution in [-0.2, 0) is 0 Å². The number of methoxy groups -OCH3 is 1. The van der Waals surface area contributed by atoms with Crippen LogP contribution >= 0.6 is 11.6 Å². The molecule has 0 fully saturated rings. The Bertz CT molecular complexity index is 528. The van der Waals surface area contributed by atoms with Gasteiger partial charge in [-0.05, 0) is 31.2 Å². The standard InChI is InChI=1S/C13H14ClN3O/c1-3-15-13-7-6-11(16-17-13)9-4-5-10(14)12(8-9)18-2/h4-8H,3H2,1-2H3,(H,15,17). The molecule has 18 heavy (non-hydrogen) atoms. The summed E-state index contributed by atoms with van der Waals surface area (Å²) in [7, 11) is 1.59. The maximum Gasteiger partial charge on any atom is 0.148 e. The Hall–Kier alpha value is -1.81. The predicted molar refractivity (Wildman–Crippen MR) is 73.2 cm³/mol. The van der Waals surface area contributed by atoms with Crippen molar-refractivity contribution in [2.45, 2.75) is 6.92 Å². The number of hydrogen-bond acceptors (Lipinski definition) is 4. The van der Waals surface area contributed by atoms with Crippen molar-refractivity contribution < 1.29 is 4.74 Å². The van der Waals surface area contributed by atoms with E-state index in [2.05, 4.69) is 15.5 Å². The largest absolute Gasteiger partial charge is 0.495 e. The minimum Gasteiger partial charge on any atom is -0.495 e. The molecular formula is C13H14ClN3O. The summed E-state index contributed by atoms with van der Waals surface area (Å²) in [4.78, 5) is 0. The van der Waals surface area contributed by atoms with E-state index in [0.717, 1.165) is 23.6 Å². The fourth-order valence-electron chi connectivity index (χ4n) is 1.58. The number of nitrogens with one attached hydrogen (secondary N) is 1. The number of aromatic nitrogens is 2. The first-order valence-corrected chi connectivity index (χ1v) is 6.04. The Morgan fingerprint density at radius 3 is 2.67 bits per heavy atom. The van der Waals surface area contributed by atoms with Crippen molar-refractivity contribution in [2.75, 3.05) is 19.0 Å². The number of rotatable bonds is 4. The minimum absolute atomic E-state index is 0.582. The molecule has 0 radical (unpaired) electrons. The summed E-state index contributed by atoms with van der Waals surface area (Å²) in [5, 5.41) is 11.9. The van der Waals surface area contributed by atoms with Gasteiger partial charge in [-0.15, -0.1) is 10.2 Å². The topological polar surface area (TPSA) is 47.0 Å². The molecule has 0 atom stereocenters. The van der Waals surface area contributed by atoms with Gasteiger partial charge in [-0.25, -0.2) is 0 Å². The third-order valence-electron chi connectivity index (χ3n) is 2.47. The SMILES string of the molecule is CCNc1ccc(-c2ccc(Cl)c(OC)c2)nn1. The lowest BCUT2D eigenvalue weighted by Gasteiger charge is -2.06. The molecule has 0 aliphatic heterocycles. The summed E-state index contributed by atoms with van der Waals surface area (Å²) < 4.78 is 5.18. The van der Waals surface area contributed by atoms with Crippen molar-refractivity contribution in [3.8, 4) is 17.0 Å². The summed E-state index contributed by atoms with van der Waals surface area (Å²) in [6.45, 7) is 2.84. The van der Waals surface area contributed by atoms with Gasteiger partial charge in [-0.1, -0.05) is 17.7 Å². The van der Waals surface area contributed by atoms with Gasteiger partial charge in [-0.3, -0.25) is 0 Å². The number of benzene rings is 1. The number of anilines is 1. The highest BCUT2D eigenvalue weighted by molar-refractivity contribution is 6.32. The Morgan fingerprint density at radius 2 is 2.06 bits per heavy atom. The van der Waals surface area contributed by atoms with Crippen molar-refractivity contribution in [2.24, 2.45) is 0 Å². The zero-order valence-electron chi connectivity index (χ0n) is 10.3. The highest BCUT2D eigenvalue weighted by Gasteiger charge is 2.05. The Balaban J connectivity index is 2.30. The number of hydrogen-bond donors (Lipinski definition) is 1. The molecule has 2 rings (SSSR count). The molecule has 0 aliphatic rings. The van der Waals surface area contributed by atoms with Crippen molar-refractivity contribution >= 4 is 17.4 Å². The predicted octanol–water partition coefficient (Wildman–Crippen LogP) is 3.24. The molecule has 0 saturated heterocycles. The second-order valence-corrected chi connectivity index (χ2v) is 4.09. The van der Waals surface area contributed by atoms with Gasteiger partial charge >= 0.3 is 0 Å². The van der Waals surface area contributed by atoms with E-state index >= 15 is 0 Å². The third kappa shape index (κ3) is 2.71. The molecule has 0 spiro atoms. The lowest BCUT2D eigenvalue weighted by atomic mass is 10.1. The van der Waals surface area contributed by atoms with E-state index in [1.165, 1.54) is 0 Å². The van der Waals surface area contributed by atoms with Crippen LogP contribution in [-0.4, -0.2) is 23.9 Å². The highest BCUT2D eigenvalue weighted by atomic mass is 35.5. The van der Waals surface area contributed by atoms with Crippen molar-refractivity contribution in [1.29, 1.82) is 0 Å². The van der Waals surface area contributed by atoms with E-state index in [1.54, 1.807) is 13.2 Å². The monoisotopic (exact) mass is 263 g/mol. The fraction of sp³-hybridized carbons (Fsp3) is 0.231. The molecule has 1 aromatic heterocycles. The van der Waals surface area contributed by atoms with Crippen LogP contribution in [0.15, 0.2) is 30.3 Å². The Kier molecular flexibility index (Phi) is 3.99. The smallest absolute Gasteiger partial charge is 0.148 e. The zero-order valence-corrected chi connectivity index (χ0v) is 11.0. The zero-order chi connectivity index (χ0) is 13.0. The summed E-state index contributed by atoms with van der Waals surface area (Å²) in [5.74, 6) is 1.40. The van der Waals surface area contributed by atoms with Crippen molar-refractivity contribution in [3.05, 3.63) is 35.4 Å². The summed E-state index contributed by atoms with van der Waals surface area (Å²) in [6.07, 6.45) is 0. The van der Waals surface area contributed by atoms with Gasteiger partial charge < -0.3 is 10.1 Å². The first kappa shape index (κ1) is 12.6. The van der Waals surface area contributed by atoms with E-state index < -0.39 is 0 Å². The summed E-state index contributed by atoms with van der Waals surface area (Å²) in [5.41, 5.74) is 1.71. The van der Waals surface area contributed by atoms with Gasteiger partial charge in [0.2, 0.25) is 0 Å². The van der Waals surface area contributed by atoms with Crippen LogP contribution in [0.4, 0.5) is 5.82 Å². The molecule has 0 amide bonds. The maximum atomic E-state index is 5.98. The molecule has 0 unspecified atom stereocenters. The molecule has 94 valence electrons.